The minimum atomic E-state index is -0.296. The Hall–Kier alpha value is -2.17. The zero-order chi connectivity index (χ0) is 17.6. The molecular formula is C18H19N3O2S2. The molecule has 2 aromatic heterocycles. The Labute approximate surface area is 154 Å². The normalized spacial score (nSPS) is 14.3. The number of anilines is 1. The molecule has 0 aromatic carbocycles. The summed E-state index contributed by atoms with van der Waals surface area (Å²) in [6.45, 7) is 1.67. The van der Waals surface area contributed by atoms with Gasteiger partial charge in [0.2, 0.25) is 0 Å². The number of nitrogens with one attached hydrogen (secondary N) is 1. The summed E-state index contributed by atoms with van der Waals surface area (Å²) < 4.78 is 0. The van der Waals surface area contributed by atoms with Crippen LogP contribution in [0.15, 0.2) is 22.7 Å². The summed E-state index contributed by atoms with van der Waals surface area (Å²) in [5, 5.41) is 18.9. The third-order valence-electron chi connectivity index (χ3n) is 4.06. The molecule has 0 bridgehead atoms. The van der Waals surface area contributed by atoms with Crippen molar-refractivity contribution in [1.82, 2.24) is 0 Å². The van der Waals surface area contributed by atoms with Crippen LogP contribution in [0.25, 0.3) is 0 Å². The van der Waals surface area contributed by atoms with E-state index in [1.165, 1.54) is 22.6 Å². The average Bonchev–Trinajstić information content (AvgIpc) is 3.18. The smallest absolute Gasteiger partial charge is 0.265 e. The Morgan fingerprint density at radius 2 is 2.24 bits per heavy atom. The number of amides is 1. The lowest BCUT2D eigenvalue weighted by molar-refractivity contribution is -0.120. The Morgan fingerprint density at radius 3 is 3.00 bits per heavy atom. The van der Waals surface area contributed by atoms with Crippen molar-refractivity contribution < 1.29 is 9.63 Å². The predicted molar refractivity (Wildman–Crippen MR) is 101 cm³/mol. The van der Waals surface area contributed by atoms with Gasteiger partial charge in [0, 0.05) is 4.88 Å². The lowest BCUT2D eigenvalue weighted by atomic mass is 10.1. The second-order valence-corrected chi connectivity index (χ2v) is 7.91. The van der Waals surface area contributed by atoms with Crippen molar-refractivity contribution in [3.8, 4) is 6.07 Å². The first-order valence-electron chi connectivity index (χ1n) is 8.24. The number of hydrogen-bond acceptors (Lipinski definition) is 6. The van der Waals surface area contributed by atoms with E-state index in [1.807, 2.05) is 24.4 Å². The maximum absolute atomic E-state index is 12.1. The Kier molecular flexibility index (Phi) is 5.84. The Bertz CT molecular complexity index is 816. The van der Waals surface area contributed by atoms with E-state index < -0.39 is 0 Å². The second-order valence-electron chi connectivity index (χ2n) is 5.86. The standard InChI is InChI=1S/C18H19N3O2S2/c1-12(15-8-5-9-24-15)21-23-11-17(22)20-18-14(10-19)13-6-3-2-4-7-16(13)25-18/h5,8-9H,2-4,6-7,11H2,1H3,(H,20,22). The van der Waals surface area contributed by atoms with Crippen LogP contribution in [-0.2, 0) is 22.5 Å². The minimum Gasteiger partial charge on any atom is -0.385 e. The summed E-state index contributed by atoms with van der Waals surface area (Å²) in [6.07, 6.45) is 5.36. The molecule has 2 aromatic rings. The molecule has 0 aliphatic heterocycles. The maximum Gasteiger partial charge on any atom is 0.265 e. The van der Waals surface area contributed by atoms with Crippen LogP contribution in [0, 0.1) is 11.3 Å². The fourth-order valence-electron chi connectivity index (χ4n) is 2.83. The van der Waals surface area contributed by atoms with Crippen molar-refractivity contribution in [1.29, 1.82) is 5.26 Å². The van der Waals surface area contributed by atoms with Gasteiger partial charge in [-0.25, -0.2) is 0 Å². The summed E-state index contributed by atoms with van der Waals surface area (Å²) in [5.41, 5.74) is 2.48. The molecule has 25 heavy (non-hydrogen) atoms. The van der Waals surface area contributed by atoms with Gasteiger partial charge in [-0.3, -0.25) is 4.79 Å². The first-order chi connectivity index (χ1) is 12.2. The van der Waals surface area contributed by atoms with Gasteiger partial charge in [-0.15, -0.1) is 22.7 Å². The van der Waals surface area contributed by atoms with Gasteiger partial charge in [0.1, 0.15) is 11.1 Å². The number of aryl methyl sites for hydroxylation is 1. The molecule has 1 amide bonds. The van der Waals surface area contributed by atoms with Crippen molar-refractivity contribution >= 4 is 39.3 Å². The van der Waals surface area contributed by atoms with Crippen molar-refractivity contribution in [2.45, 2.75) is 39.0 Å². The fourth-order valence-corrected chi connectivity index (χ4v) is 4.75. The van der Waals surface area contributed by atoms with Crippen molar-refractivity contribution in [3.05, 3.63) is 38.4 Å². The van der Waals surface area contributed by atoms with Crippen molar-refractivity contribution in [2.24, 2.45) is 5.16 Å². The quantitative estimate of drug-likeness (QED) is 0.481. The zero-order valence-electron chi connectivity index (χ0n) is 14.0. The second kappa shape index (κ2) is 8.28. The monoisotopic (exact) mass is 373 g/mol. The topological polar surface area (TPSA) is 74.5 Å². The molecule has 3 rings (SSSR count). The summed E-state index contributed by atoms with van der Waals surface area (Å²) in [7, 11) is 0. The molecule has 0 radical (unpaired) electrons. The molecule has 7 heteroatoms. The average molecular weight is 374 g/mol. The molecule has 1 aliphatic rings. The molecule has 2 heterocycles. The molecule has 5 nitrogen and oxygen atoms in total. The highest BCUT2D eigenvalue weighted by Gasteiger charge is 2.21. The number of hydrogen-bond donors (Lipinski definition) is 1. The van der Waals surface area contributed by atoms with E-state index in [2.05, 4.69) is 16.5 Å². The van der Waals surface area contributed by atoms with Crippen LogP contribution < -0.4 is 5.32 Å². The van der Waals surface area contributed by atoms with E-state index in [-0.39, 0.29) is 12.5 Å². The van der Waals surface area contributed by atoms with Crippen molar-refractivity contribution in [2.75, 3.05) is 11.9 Å². The van der Waals surface area contributed by atoms with E-state index in [0.717, 1.165) is 41.8 Å². The molecule has 130 valence electrons. The summed E-state index contributed by atoms with van der Waals surface area (Å²) in [5.74, 6) is -0.296. The van der Waals surface area contributed by atoms with Crippen LogP contribution in [0.1, 0.15) is 47.1 Å². The summed E-state index contributed by atoms with van der Waals surface area (Å²) in [4.78, 5) is 19.5. The highest BCUT2D eigenvalue weighted by atomic mass is 32.1. The number of rotatable bonds is 5. The van der Waals surface area contributed by atoms with Crippen LogP contribution in [-0.4, -0.2) is 18.2 Å². The highest BCUT2D eigenvalue weighted by molar-refractivity contribution is 7.16. The van der Waals surface area contributed by atoms with Crippen LogP contribution in [0.5, 0.6) is 0 Å². The van der Waals surface area contributed by atoms with Gasteiger partial charge >= 0.3 is 0 Å². The van der Waals surface area contributed by atoms with Crippen LogP contribution in [0.3, 0.4) is 0 Å². The molecule has 1 aliphatic carbocycles. The zero-order valence-corrected chi connectivity index (χ0v) is 15.6. The van der Waals surface area contributed by atoms with Crippen LogP contribution in [0.4, 0.5) is 5.00 Å². The predicted octanol–water partition coefficient (Wildman–Crippen LogP) is 4.33. The number of nitrogens with zero attached hydrogens (tertiary/aromatic N) is 2. The first-order valence-corrected chi connectivity index (χ1v) is 9.93. The van der Waals surface area contributed by atoms with E-state index in [1.54, 1.807) is 11.3 Å². The molecule has 0 fully saturated rings. The first kappa shape index (κ1) is 17.6. The molecular weight excluding hydrogens is 354 g/mol. The molecule has 1 N–H and O–H groups in total. The third kappa shape index (κ3) is 4.27. The summed E-state index contributed by atoms with van der Waals surface area (Å²) in [6, 6.07) is 6.15. The molecule has 0 saturated carbocycles. The number of fused-ring (bicyclic) bond motifs is 1. The SMILES string of the molecule is CC(=NOCC(=O)Nc1sc2c(c1C#N)CCCCC2)c1cccs1. The largest absolute Gasteiger partial charge is 0.385 e. The van der Waals surface area contributed by atoms with Crippen LogP contribution in [0.2, 0.25) is 0 Å². The van der Waals surface area contributed by atoms with Gasteiger partial charge in [-0.2, -0.15) is 5.26 Å². The number of oxime groups is 1. The molecule has 0 spiro atoms. The Balaban J connectivity index is 1.62. The number of carbonyl (C=O) groups excluding carboxylic acids is 1. The number of thiophene rings is 2. The van der Waals surface area contributed by atoms with E-state index in [4.69, 9.17) is 4.84 Å². The third-order valence-corrected chi connectivity index (χ3v) is 6.25. The molecule has 0 saturated heterocycles. The maximum atomic E-state index is 12.1. The van der Waals surface area contributed by atoms with E-state index >= 15 is 0 Å². The fraction of sp³-hybridized carbons (Fsp3) is 0.389. The van der Waals surface area contributed by atoms with Crippen molar-refractivity contribution in [3.63, 3.8) is 0 Å². The minimum absolute atomic E-state index is 0.170. The molecule has 0 atom stereocenters. The lowest BCUT2D eigenvalue weighted by Gasteiger charge is -2.04. The van der Waals surface area contributed by atoms with Crippen LogP contribution >= 0.6 is 22.7 Å². The van der Waals surface area contributed by atoms with Gasteiger partial charge in [-0.05, 0) is 49.6 Å². The lowest BCUT2D eigenvalue weighted by Crippen LogP contribution is -2.17. The highest BCUT2D eigenvalue weighted by Crippen LogP contribution is 2.36. The van der Waals surface area contributed by atoms with Gasteiger partial charge in [0.25, 0.3) is 5.91 Å². The van der Waals surface area contributed by atoms with Gasteiger partial charge in [0.05, 0.1) is 16.2 Å². The molecule has 0 unspecified atom stereocenters. The summed E-state index contributed by atoms with van der Waals surface area (Å²) >= 11 is 3.09. The number of carbonyl (C=O) groups is 1. The number of nitriles is 1. The Morgan fingerprint density at radius 1 is 1.40 bits per heavy atom. The van der Waals surface area contributed by atoms with Gasteiger partial charge in [0.15, 0.2) is 6.61 Å². The van der Waals surface area contributed by atoms with Gasteiger partial charge < -0.3 is 10.2 Å². The van der Waals surface area contributed by atoms with Gasteiger partial charge in [-0.1, -0.05) is 17.6 Å². The van der Waals surface area contributed by atoms with E-state index in [0.29, 0.717) is 10.6 Å². The van der Waals surface area contributed by atoms with E-state index in [9.17, 15) is 10.1 Å².